The van der Waals surface area contributed by atoms with Crippen LogP contribution in [0.5, 0.6) is 0 Å². The molecule has 0 fully saturated rings. The molecule has 4 nitrogen and oxygen atoms in total. The minimum Gasteiger partial charge on any atom is -0.468 e. The van der Waals surface area contributed by atoms with Gasteiger partial charge in [-0.05, 0) is 30.8 Å². The van der Waals surface area contributed by atoms with Gasteiger partial charge in [-0.1, -0.05) is 25.1 Å². The Bertz CT molecular complexity index is 722. The average molecular weight is 281 g/mol. The third-order valence-electron chi connectivity index (χ3n) is 3.64. The third-order valence-corrected chi connectivity index (χ3v) is 3.64. The van der Waals surface area contributed by atoms with Crippen LogP contribution >= 0.6 is 0 Å². The molecule has 0 bridgehead atoms. The van der Waals surface area contributed by atoms with Crippen LogP contribution in [0.25, 0.3) is 10.9 Å². The first-order valence-electron chi connectivity index (χ1n) is 7.15. The zero-order valence-corrected chi connectivity index (χ0v) is 12.1. The molecule has 2 heterocycles. The van der Waals surface area contributed by atoms with Gasteiger partial charge in [-0.15, -0.1) is 0 Å². The molecule has 21 heavy (non-hydrogen) atoms. The van der Waals surface area contributed by atoms with Crippen LogP contribution in [0, 0.1) is 0 Å². The van der Waals surface area contributed by atoms with Gasteiger partial charge in [-0.3, -0.25) is 4.90 Å². The van der Waals surface area contributed by atoms with Crippen molar-refractivity contribution in [2.75, 3.05) is 12.3 Å². The molecule has 0 atom stereocenters. The number of pyridine rings is 1. The summed E-state index contributed by atoms with van der Waals surface area (Å²) in [5.74, 6) is 1.57. The minimum atomic E-state index is 0.603. The average Bonchev–Trinajstić information content (AvgIpc) is 3.00. The maximum atomic E-state index is 6.10. The summed E-state index contributed by atoms with van der Waals surface area (Å²) < 4.78 is 5.42. The summed E-state index contributed by atoms with van der Waals surface area (Å²) in [6.07, 6.45) is 1.70. The fraction of sp³-hybridized carbons (Fsp3) is 0.235. The first-order chi connectivity index (χ1) is 10.3. The highest BCUT2D eigenvalue weighted by atomic mass is 16.3. The lowest BCUT2D eigenvalue weighted by Gasteiger charge is -2.20. The van der Waals surface area contributed by atoms with Gasteiger partial charge in [0, 0.05) is 17.5 Å². The van der Waals surface area contributed by atoms with E-state index < -0.39 is 0 Å². The van der Waals surface area contributed by atoms with Crippen molar-refractivity contribution in [1.82, 2.24) is 9.88 Å². The van der Waals surface area contributed by atoms with E-state index in [2.05, 4.69) is 28.9 Å². The summed E-state index contributed by atoms with van der Waals surface area (Å²) in [6, 6.07) is 14.1. The summed E-state index contributed by atoms with van der Waals surface area (Å²) in [5, 5.41) is 1.12. The van der Waals surface area contributed by atoms with Crippen LogP contribution in [-0.2, 0) is 13.1 Å². The Morgan fingerprint density at radius 2 is 2.00 bits per heavy atom. The Labute approximate surface area is 124 Å². The fourth-order valence-corrected chi connectivity index (χ4v) is 2.44. The van der Waals surface area contributed by atoms with Crippen molar-refractivity contribution in [3.63, 3.8) is 0 Å². The van der Waals surface area contributed by atoms with E-state index in [0.717, 1.165) is 41.9 Å². The minimum absolute atomic E-state index is 0.603. The molecule has 108 valence electrons. The molecule has 0 saturated heterocycles. The molecule has 0 radical (unpaired) electrons. The molecule has 2 aromatic heterocycles. The second-order valence-electron chi connectivity index (χ2n) is 5.11. The van der Waals surface area contributed by atoms with Crippen molar-refractivity contribution in [3.05, 3.63) is 60.1 Å². The number of aromatic nitrogens is 1. The zero-order chi connectivity index (χ0) is 14.7. The quantitative estimate of drug-likeness (QED) is 0.778. The SMILES string of the molecule is CCN(Cc1ccco1)Cc1cc2ccccc2nc1N. The van der Waals surface area contributed by atoms with Gasteiger partial charge in [0.2, 0.25) is 0 Å². The van der Waals surface area contributed by atoms with Crippen LogP contribution < -0.4 is 5.73 Å². The summed E-state index contributed by atoms with van der Waals surface area (Å²) in [4.78, 5) is 6.77. The molecule has 0 aliphatic heterocycles. The van der Waals surface area contributed by atoms with Crippen molar-refractivity contribution in [2.24, 2.45) is 0 Å². The van der Waals surface area contributed by atoms with Crippen LogP contribution in [0.3, 0.4) is 0 Å². The monoisotopic (exact) mass is 281 g/mol. The van der Waals surface area contributed by atoms with E-state index in [1.54, 1.807) is 6.26 Å². The Hall–Kier alpha value is -2.33. The molecular weight excluding hydrogens is 262 g/mol. The first kappa shape index (κ1) is 13.6. The van der Waals surface area contributed by atoms with Crippen molar-refractivity contribution in [2.45, 2.75) is 20.0 Å². The predicted molar refractivity (Wildman–Crippen MR) is 84.7 cm³/mol. The normalized spacial score (nSPS) is 11.3. The molecule has 0 amide bonds. The highest BCUT2D eigenvalue weighted by Gasteiger charge is 2.10. The van der Waals surface area contributed by atoms with E-state index >= 15 is 0 Å². The van der Waals surface area contributed by atoms with Gasteiger partial charge in [-0.25, -0.2) is 4.98 Å². The highest BCUT2D eigenvalue weighted by Crippen LogP contribution is 2.20. The largest absolute Gasteiger partial charge is 0.468 e. The fourth-order valence-electron chi connectivity index (χ4n) is 2.44. The van der Waals surface area contributed by atoms with Gasteiger partial charge in [0.05, 0.1) is 18.3 Å². The Morgan fingerprint density at radius 3 is 2.76 bits per heavy atom. The van der Waals surface area contributed by atoms with E-state index in [-0.39, 0.29) is 0 Å². The van der Waals surface area contributed by atoms with Crippen molar-refractivity contribution < 1.29 is 4.42 Å². The third kappa shape index (κ3) is 3.06. The number of nitrogen functional groups attached to an aromatic ring is 1. The number of rotatable bonds is 5. The van der Waals surface area contributed by atoms with Gasteiger partial charge in [0.25, 0.3) is 0 Å². The van der Waals surface area contributed by atoms with Crippen LogP contribution in [0.4, 0.5) is 5.82 Å². The molecule has 1 aromatic carbocycles. The second-order valence-corrected chi connectivity index (χ2v) is 5.11. The lowest BCUT2D eigenvalue weighted by molar-refractivity contribution is 0.248. The number of nitrogens with zero attached hydrogens (tertiary/aromatic N) is 2. The van der Waals surface area contributed by atoms with Crippen molar-refractivity contribution in [1.29, 1.82) is 0 Å². The van der Waals surface area contributed by atoms with E-state index in [1.807, 2.05) is 30.3 Å². The number of nitrogens with two attached hydrogens (primary N) is 1. The van der Waals surface area contributed by atoms with Crippen molar-refractivity contribution in [3.8, 4) is 0 Å². The molecule has 0 spiro atoms. The number of hydrogen-bond acceptors (Lipinski definition) is 4. The van der Waals surface area contributed by atoms with Crippen LogP contribution in [0.2, 0.25) is 0 Å². The number of anilines is 1. The maximum absolute atomic E-state index is 6.10. The molecule has 0 aliphatic rings. The van der Waals surface area contributed by atoms with Crippen LogP contribution in [-0.4, -0.2) is 16.4 Å². The molecule has 2 N–H and O–H groups in total. The van der Waals surface area contributed by atoms with Gasteiger partial charge >= 0.3 is 0 Å². The summed E-state index contributed by atoms with van der Waals surface area (Å²) >= 11 is 0. The molecule has 0 aliphatic carbocycles. The molecule has 4 heteroatoms. The highest BCUT2D eigenvalue weighted by molar-refractivity contribution is 5.81. The number of fused-ring (bicyclic) bond motifs is 1. The molecule has 3 rings (SSSR count). The first-order valence-corrected chi connectivity index (χ1v) is 7.15. The summed E-state index contributed by atoms with van der Waals surface area (Å²) in [6.45, 7) is 4.59. The molecular formula is C17H19N3O. The lowest BCUT2D eigenvalue weighted by atomic mass is 10.1. The zero-order valence-electron chi connectivity index (χ0n) is 12.1. The smallest absolute Gasteiger partial charge is 0.128 e. The number of hydrogen-bond donors (Lipinski definition) is 1. The predicted octanol–water partition coefficient (Wildman–Crippen LogP) is 3.43. The van der Waals surface area contributed by atoms with E-state index in [9.17, 15) is 0 Å². The Balaban J connectivity index is 1.83. The summed E-state index contributed by atoms with van der Waals surface area (Å²) in [7, 11) is 0. The molecule has 0 unspecified atom stereocenters. The second kappa shape index (κ2) is 5.97. The number of furan rings is 1. The van der Waals surface area contributed by atoms with Gasteiger partial charge in [-0.2, -0.15) is 0 Å². The van der Waals surface area contributed by atoms with Gasteiger partial charge in [0.15, 0.2) is 0 Å². The van der Waals surface area contributed by atoms with Crippen LogP contribution in [0.15, 0.2) is 53.1 Å². The van der Waals surface area contributed by atoms with E-state index in [1.165, 1.54) is 0 Å². The molecule has 0 saturated carbocycles. The standard InChI is InChI=1S/C17H19N3O/c1-2-20(12-15-7-5-9-21-15)11-14-10-13-6-3-4-8-16(13)19-17(14)18/h3-10H,2,11-12H2,1H3,(H2,18,19). The topological polar surface area (TPSA) is 55.3 Å². The maximum Gasteiger partial charge on any atom is 0.128 e. The Kier molecular flexibility index (Phi) is 3.88. The Morgan fingerprint density at radius 1 is 1.14 bits per heavy atom. The van der Waals surface area contributed by atoms with E-state index in [0.29, 0.717) is 5.82 Å². The summed E-state index contributed by atoms with van der Waals surface area (Å²) in [5.41, 5.74) is 8.10. The van der Waals surface area contributed by atoms with Crippen molar-refractivity contribution >= 4 is 16.7 Å². The van der Waals surface area contributed by atoms with E-state index in [4.69, 9.17) is 10.2 Å². The molecule has 3 aromatic rings. The van der Waals surface area contributed by atoms with Gasteiger partial charge in [0.1, 0.15) is 11.6 Å². The van der Waals surface area contributed by atoms with Gasteiger partial charge < -0.3 is 10.2 Å². The number of benzene rings is 1. The number of para-hydroxylation sites is 1. The van der Waals surface area contributed by atoms with Crippen LogP contribution in [0.1, 0.15) is 18.2 Å². The lowest BCUT2D eigenvalue weighted by Crippen LogP contribution is -2.22.